The zero-order valence-electron chi connectivity index (χ0n) is 10.0. The molecule has 0 aromatic carbocycles. The molecule has 0 saturated carbocycles. The Bertz CT molecular complexity index is 507. The van der Waals surface area contributed by atoms with Crippen LogP contribution in [0, 0.1) is 0 Å². The van der Waals surface area contributed by atoms with Gasteiger partial charge in [0.05, 0.1) is 5.69 Å². The summed E-state index contributed by atoms with van der Waals surface area (Å²) in [5.74, 6) is 1.91. The second-order valence-electron chi connectivity index (χ2n) is 3.98. The minimum absolute atomic E-state index is 0.737. The number of hydrogen-bond acceptors (Lipinski definition) is 3. The molecule has 0 atom stereocenters. The molecule has 5 heteroatoms. The summed E-state index contributed by atoms with van der Waals surface area (Å²) in [4.78, 5) is 13.2. The Morgan fingerprint density at radius 1 is 1.35 bits per heavy atom. The normalized spacial score (nSPS) is 10.8. The molecule has 17 heavy (non-hydrogen) atoms. The highest BCUT2D eigenvalue weighted by Gasteiger charge is 2.06. The number of hydrogen-bond donors (Lipinski definition) is 0. The van der Waals surface area contributed by atoms with Crippen LogP contribution in [0.1, 0.15) is 30.7 Å². The first kappa shape index (κ1) is 12.2. The molecule has 4 nitrogen and oxygen atoms in total. The maximum atomic E-state index is 4.54. The average molecular weight is 295 g/mol. The van der Waals surface area contributed by atoms with Gasteiger partial charge in [0.15, 0.2) is 0 Å². The van der Waals surface area contributed by atoms with E-state index in [0.29, 0.717) is 0 Å². The fourth-order valence-corrected chi connectivity index (χ4v) is 2.14. The first-order chi connectivity index (χ1) is 8.19. The second-order valence-corrected chi connectivity index (χ2v) is 4.79. The monoisotopic (exact) mass is 294 g/mol. The van der Waals surface area contributed by atoms with E-state index in [1.165, 1.54) is 0 Å². The van der Waals surface area contributed by atoms with E-state index in [1.807, 2.05) is 23.9 Å². The highest BCUT2D eigenvalue weighted by atomic mass is 79.9. The summed E-state index contributed by atoms with van der Waals surface area (Å²) in [6, 6.07) is 1.95. The fourth-order valence-electron chi connectivity index (χ4n) is 1.67. The Morgan fingerprint density at radius 3 is 2.82 bits per heavy atom. The molecule has 0 amide bonds. The average Bonchev–Trinajstić information content (AvgIpc) is 2.64. The van der Waals surface area contributed by atoms with Crippen molar-refractivity contribution in [1.82, 2.24) is 19.5 Å². The number of rotatable bonds is 4. The molecule has 2 aromatic heterocycles. The standard InChI is InChI=1S/C12H15BrN4/c1-3-4-11-15-9(7-10(13)16-11)8-12-14-5-6-17(12)2/h5-7H,3-4,8H2,1-2H3. The quantitative estimate of drug-likeness (QED) is 0.814. The van der Waals surface area contributed by atoms with Crippen LogP contribution >= 0.6 is 15.9 Å². The molecular formula is C12H15BrN4. The minimum Gasteiger partial charge on any atom is -0.338 e. The van der Waals surface area contributed by atoms with Crippen LogP contribution in [0.3, 0.4) is 0 Å². The van der Waals surface area contributed by atoms with Crippen LogP contribution in [0.4, 0.5) is 0 Å². The Balaban J connectivity index is 2.23. The predicted octanol–water partition coefficient (Wildman–Crippen LogP) is 2.52. The van der Waals surface area contributed by atoms with Crippen molar-refractivity contribution in [2.45, 2.75) is 26.2 Å². The van der Waals surface area contributed by atoms with Crippen molar-refractivity contribution in [2.75, 3.05) is 0 Å². The molecule has 2 rings (SSSR count). The summed E-state index contributed by atoms with van der Waals surface area (Å²) in [6.07, 6.45) is 6.45. The molecule has 0 radical (unpaired) electrons. The Kier molecular flexibility index (Phi) is 3.89. The number of aryl methyl sites for hydroxylation is 2. The number of aromatic nitrogens is 4. The Labute approximate surface area is 109 Å². The molecule has 0 N–H and O–H groups in total. The summed E-state index contributed by atoms with van der Waals surface area (Å²) in [5.41, 5.74) is 1.00. The molecule has 0 fully saturated rings. The molecule has 0 unspecified atom stereocenters. The van der Waals surface area contributed by atoms with Crippen molar-refractivity contribution in [3.8, 4) is 0 Å². The van der Waals surface area contributed by atoms with Crippen LogP contribution in [0.15, 0.2) is 23.1 Å². The fraction of sp³-hybridized carbons (Fsp3) is 0.417. The first-order valence-electron chi connectivity index (χ1n) is 5.67. The number of nitrogens with zero attached hydrogens (tertiary/aromatic N) is 4. The van der Waals surface area contributed by atoms with Crippen molar-refractivity contribution in [2.24, 2.45) is 7.05 Å². The van der Waals surface area contributed by atoms with Gasteiger partial charge in [-0.2, -0.15) is 0 Å². The second kappa shape index (κ2) is 5.40. The molecule has 0 spiro atoms. The van der Waals surface area contributed by atoms with Gasteiger partial charge in [0.25, 0.3) is 0 Å². The van der Waals surface area contributed by atoms with Gasteiger partial charge in [-0.1, -0.05) is 6.92 Å². The number of halogens is 1. The van der Waals surface area contributed by atoms with Crippen molar-refractivity contribution in [3.05, 3.63) is 40.4 Å². The van der Waals surface area contributed by atoms with Crippen LogP contribution in [-0.4, -0.2) is 19.5 Å². The van der Waals surface area contributed by atoms with Crippen molar-refractivity contribution in [3.63, 3.8) is 0 Å². The lowest BCUT2D eigenvalue weighted by atomic mass is 10.2. The summed E-state index contributed by atoms with van der Waals surface area (Å²) < 4.78 is 2.86. The third-order valence-corrected chi connectivity index (χ3v) is 2.93. The van der Waals surface area contributed by atoms with Gasteiger partial charge in [-0.05, 0) is 28.4 Å². The highest BCUT2D eigenvalue weighted by molar-refractivity contribution is 9.10. The van der Waals surface area contributed by atoms with E-state index in [2.05, 4.69) is 37.8 Å². The number of imidazole rings is 1. The van der Waals surface area contributed by atoms with Crippen LogP contribution in [0.25, 0.3) is 0 Å². The highest BCUT2D eigenvalue weighted by Crippen LogP contribution is 2.12. The van der Waals surface area contributed by atoms with Gasteiger partial charge in [0.2, 0.25) is 0 Å². The summed E-state index contributed by atoms with van der Waals surface area (Å²) in [5, 5.41) is 0. The molecular weight excluding hydrogens is 280 g/mol. The van der Waals surface area contributed by atoms with Crippen LogP contribution in [0.5, 0.6) is 0 Å². The van der Waals surface area contributed by atoms with E-state index >= 15 is 0 Å². The zero-order chi connectivity index (χ0) is 12.3. The van der Waals surface area contributed by atoms with Crippen molar-refractivity contribution >= 4 is 15.9 Å². The molecule has 0 aliphatic heterocycles. The smallest absolute Gasteiger partial charge is 0.129 e. The largest absolute Gasteiger partial charge is 0.338 e. The maximum Gasteiger partial charge on any atom is 0.129 e. The van der Waals surface area contributed by atoms with Crippen molar-refractivity contribution in [1.29, 1.82) is 0 Å². The molecule has 0 saturated heterocycles. The van der Waals surface area contributed by atoms with Crippen molar-refractivity contribution < 1.29 is 0 Å². The van der Waals surface area contributed by atoms with E-state index in [0.717, 1.165) is 41.2 Å². The van der Waals surface area contributed by atoms with E-state index in [1.54, 1.807) is 6.20 Å². The van der Waals surface area contributed by atoms with Gasteiger partial charge < -0.3 is 4.57 Å². The summed E-state index contributed by atoms with van der Waals surface area (Å²) >= 11 is 3.43. The van der Waals surface area contributed by atoms with E-state index in [9.17, 15) is 0 Å². The SMILES string of the molecule is CCCc1nc(Br)cc(Cc2nccn2C)n1. The maximum absolute atomic E-state index is 4.54. The lowest BCUT2D eigenvalue weighted by Gasteiger charge is -2.05. The lowest BCUT2D eigenvalue weighted by Crippen LogP contribution is -2.04. The van der Waals surface area contributed by atoms with Gasteiger partial charge in [0.1, 0.15) is 16.3 Å². The van der Waals surface area contributed by atoms with Crippen LogP contribution in [-0.2, 0) is 19.9 Å². The van der Waals surface area contributed by atoms with Gasteiger partial charge in [0, 0.05) is 32.3 Å². The van der Waals surface area contributed by atoms with Gasteiger partial charge in [-0.25, -0.2) is 15.0 Å². The van der Waals surface area contributed by atoms with Gasteiger partial charge in [-0.15, -0.1) is 0 Å². The lowest BCUT2D eigenvalue weighted by molar-refractivity contribution is 0.779. The summed E-state index contributed by atoms with van der Waals surface area (Å²) in [7, 11) is 1.99. The summed E-state index contributed by atoms with van der Waals surface area (Å²) in [6.45, 7) is 2.13. The third kappa shape index (κ3) is 3.12. The molecule has 0 aliphatic rings. The third-order valence-electron chi connectivity index (χ3n) is 2.53. The molecule has 90 valence electrons. The van der Waals surface area contributed by atoms with Crippen LogP contribution < -0.4 is 0 Å². The molecule has 2 heterocycles. The molecule has 2 aromatic rings. The minimum atomic E-state index is 0.737. The Morgan fingerprint density at radius 2 is 2.18 bits per heavy atom. The molecule has 0 aliphatic carbocycles. The van der Waals surface area contributed by atoms with Gasteiger partial charge in [-0.3, -0.25) is 0 Å². The van der Waals surface area contributed by atoms with E-state index in [4.69, 9.17) is 0 Å². The zero-order valence-corrected chi connectivity index (χ0v) is 11.6. The first-order valence-corrected chi connectivity index (χ1v) is 6.47. The Hall–Kier alpha value is -1.23. The topological polar surface area (TPSA) is 43.6 Å². The van der Waals surface area contributed by atoms with Crippen LogP contribution in [0.2, 0.25) is 0 Å². The molecule has 0 bridgehead atoms. The van der Waals surface area contributed by atoms with E-state index in [-0.39, 0.29) is 0 Å². The van der Waals surface area contributed by atoms with Gasteiger partial charge >= 0.3 is 0 Å². The predicted molar refractivity (Wildman–Crippen MR) is 69.7 cm³/mol. The van der Waals surface area contributed by atoms with E-state index < -0.39 is 0 Å².